The first-order chi connectivity index (χ1) is 10.2. The van der Waals surface area contributed by atoms with Crippen molar-refractivity contribution < 1.29 is 23.9 Å². The van der Waals surface area contributed by atoms with E-state index in [9.17, 15) is 14.4 Å². The molecule has 1 heterocycles. The van der Waals surface area contributed by atoms with Gasteiger partial charge in [-0.05, 0) is 40.5 Å². The summed E-state index contributed by atoms with van der Waals surface area (Å²) in [5.41, 5.74) is -1.82. The molecule has 0 radical (unpaired) electrons. The molecule has 0 bridgehead atoms. The molecule has 1 aliphatic heterocycles. The second-order valence-electron chi connectivity index (χ2n) is 6.33. The number of hydrogen-bond donors (Lipinski definition) is 0. The number of carbonyl (C=O) groups excluding carboxylic acids is 3. The number of ketones is 1. The number of nitrogens with zero attached hydrogens (tertiary/aromatic N) is 1. The minimum atomic E-state index is -1.24. The zero-order chi connectivity index (χ0) is 17.0. The molecule has 6 nitrogen and oxygen atoms in total. The van der Waals surface area contributed by atoms with Gasteiger partial charge in [-0.25, -0.2) is 4.79 Å². The van der Waals surface area contributed by atoms with Gasteiger partial charge >= 0.3 is 12.1 Å². The first-order valence-corrected chi connectivity index (χ1v) is 7.94. The van der Waals surface area contributed by atoms with E-state index in [4.69, 9.17) is 21.1 Å². The third-order valence-electron chi connectivity index (χ3n) is 3.59. The quantitative estimate of drug-likeness (QED) is 0.448. The van der Waals surface area contributed by atoms with Crippen LogP contribution in [0.4, 0.5) is 4.79 Å². The lowest BCUT2D eigenvalue weighted by Gasteiger charge is -2.38. The highest BCUT2D eigenvalue weighted by Crippen LogP contribution is 2.35. The van der Waals surface area contributed by atoms with Crippen molar-refractivity contribution in [1.29, 1.82) is 0 Å². The number of carbonyl (C=O) groups is 3. The number of amides is 1. The maximum atomic E-state index is 12.2. The third kappa shape index (κ3) is 4.35. The van der Waals surface area contributed by atoms with E-state index in [1.54, 1.807) is 27.7 Å². The van der Waals surface area contributed by atoms with Crippen molar-refractivity contribution in [2.24, 2.45) is 5.41 Å². The zero-order valence-corrected chi connectivity index (χ0v) is 14.4. The molecule has 1 saturated heterocycles. The Morgan fingerprint density at radius 1 is 1.18 bits per heavy atom. The van der Waals surface area contributed by atoms with Crippen LogP contribution in [0.3, 0.4) is 0 Å². The normalized spacial score (nSPS) is 17.8. The molecule has 0 aromatic carbocycles. The predicted molar refractivity (Wildman–Crippen MR) is 81.8 cm³/mol. The molecule has 1 aliphatic rings. The summed E-state index contributed by atoms with van der Waals surface area (Å²) in [6.45, 7) is 7.77. The van der Waals surface area contributed by atoms with Crippen molar-refractivity contribution in [3.05, 3.63) is 0 Å². The van der Waals surface area contributed by atoms with Crippen LogP contribution in [0.2, 0.25) is 0 Å². The van der Waals surface area contributed by atoms with E-state index in [0.29, 0.717) is 0 Å². The molecule has 1 amide bonds. The second-order valence-corrected chi connectivity index (χ2v) is 6.59. The van der Waals surface area contributed by atoms with Crippen molar-refractivity contribution in [3.63, 3.8) is 0 Å². The minimum Gasteiger partial charge on any atom is -0.465 e. The molecular formula is C15H24ClNO5. The molecule has 0 saturated carbocycles. The summed E-state index contributed by atoms with van der Waals surface area (Å²) in [6, 6.07) is 0. The number of esters is 1. The lowest BCUT2D eigenvalue weighted by molar-refractivity contribution is -0.162. The number of alkyl halides is 1. The van der Waals surface area contributed by atoms with Crippen LogP contribution in [0.15, 0.2) is 0 Å². The van der Waals surface area contributed by atoms with E-state index in [0.717, 1.165) is 0 Å². The molecule has 22 heavy (non-hydrogen) atoms. The number of likely N-dealkylation sites (tertiary alicyclic amines) is 1. The summed E-state index contributed by atoms with van der Waals surface area (Å²) in [7, 11) is 0. The fourth-order valence-corrected chi connectivity index (χ4v) is 2.65. The Morgan fingerprint density at radius 3 is 2.14 bits per heavy atom. The second kappa shape index (κ2) is 7.31. The van der Waals surface area contributed by atoms with Gasteiger partial charge in [0.15, 0.2) is 5.78 Å². The van der Waals surface area contributed by atoms with Crippen LogP contribution in [-0.2, 0) is 19.1 Å². The predicted octanol–water partition coefficient (Wildman–Crippen LogP) is 2.37. The summed E-state index contributed by atoms with van der Waals surface area (Å²) >= 11 is 5.64. The molecule has 0 N–H and O–H groups in total. The number of Topliss-reactive ketones (excluding diaryl/α,β-unsaturated/α-hetero) is 1. The molecule has 0 spiro atoms. The number of rotatable bonds is 4. The van der Waals surface area contributed by atoms with E-state index in [1.165, 1.54) is 4.90 Å². The zero-order valence-electron chi connectivity index (χ0n) is 13.6. The van der Waals surface area contributed by atoms with Gasteiger partial charge in [-0.1, -0.05) is 0 Å². The Morgan fingerprint density at radius 2 is 1.73 bits per heavy atom. The fraction of sp³-hybridized carbons (Fsp3) is 0.800. The Hall–Kier alpha value is -1.30. The lowest BCUT2D eigenvalue weighted by Crippen LogP contribution is -2.52. The van der Waals surface area contributed by atoms with Gasteiger partial charge < -0.3 is 14.4 Å². The summed E-state index contributed by atoms with van der Waals surface area (Å²) in [6.07, 6.45) is -0.0314. The van der Waals surface area contributed by atoms with E-state index >= 15 is 0 Å². The molecule has 0 aliphatic carbocycles. The van der Waals surface area contributed by atoms with Crippen molar-refractivity contribution >= 4 is 29.4 Å². The highest BCUT2D eigenvalue weighted by Gasteiger charge is 2.49. The van der Waals surface area contributed by atoms with Crippen molar-refractivity contribution in [2.45, 2.75) is 46.1 Å². The first kappa shape index (κ1) is 18.7. The van der Waals surface area contributed by atoms with E-state index in [2.05, 4.69) is 0 Å². The average molecular weight is 334 g/mol. The summed E-state index contributed by atoms with van der Waals surface area (Å²) in [5.74, 6) is -1.15. The molecule has 0 aromatic heterocycles. The highest BCUT2D eigenvalue weighted by atomic mass is 35.5. The summed E-state index contributed by atoms with van der Waals surface area (Å²) in [5, 5.41) is 0. The topological polar surface area (TPSA) is 72.9 Å². The van der Waals surface area contributed by atoms with Gasteiger partial charge in [0.2, 0.25) is 0 Å². The van der Waals surface area contributed by atoms with Crippen LogP contribution in [0.1, 0.15) is 40.5 Å². The van der Waals surface area contributed by atoms with Crippen LogP contribution in [0, 0.1) is 5.41 Å². The Bertz CT molecular complexity index is 436. The van der Waals surface area contributed by atoms with E-state index in [1.807, 2.05) is 0 Å². The average Bonchev–Trinajstić information content (AvgIpc) is 2.44. The van der Waals surface area contributed by atoms with Gasteiger partial charge in [0.1, 0.15) is 11.0 Å². The molecule has 126 valence electrons. The van der Waals surface area contributed by atoms with Crippen LogP contribution < -0.4 is 0 Å². The summed E-state index contributed by atoms with van der Waals surface area (Å²) in [4.78, 5) is 37.9. The first-order valence-electron chi connectivity index (χ1n) is 7.40. The van der Waals surface area contributed by atoms with Crippen molar-refractivity contribution in [3.8, 4) is 0 Å². The van der Waals surface area contributed by atoms with E-state index in [-0.39, 0.29) is 44.2 Å². The molecule has 1 rings (SSSR count). The van der Waals surface area contributed by atoms with Crippen molar-refractivity contribution in [2.75, 3.05) is 25.6 Å². The van der Waals surface area contributed by atoms with Crippen LogP contribution in [0.5, 0.6) is 0 Å². The number of hydrogen-bond acceptors (Lipinski definition) is 5. The molecule has 0 aromatic rings. The smallest absolute Gasteiger partial charge is 0.410 e. The van der Waals surface area contributed by atoms with Crippen molar-refractivity contribution in [1.82, 2.24) is 4.90 Å². The largest absolute Gasteiger partial charge is 0.465 e. The Balaban J connectivity index is 2.79. The fourth-order valence-electron chi connectivity index (χ4n) is 2.39. The highest BCUT2D eigenvalue weighted by molar-refractivity contribution is 6.30. The van der Waals surface area contributed by atoms with Gasteiger partial charge in [-0.3, -0.25) is 9.59 Å². The van der Waals surface area contributed by atoms with Gasteiger partial charge in [-0.2, -0.15) is 0 Å². The SMILES string of the molecule is CCOC(=O)C1(C(=O)CCl)CCN(C(=O)OC(C)(C)C)CC1. The number of halogens is 1. The van der Waals surface area contributed by atoms with Crippen LogP contribution >= 0.6 is 11.6 Å². The van der Waals surface area contributed by atoms with Crippen LogP contribution in [0.25, 0.3) is 0 Å². The minimum absolute atomic E-state index is 0.200. The lowest BCUT2D eigenvalue weighted by atomic mass is 9.75. The monoisotopic (exact) mass is 333 g/mol. The van der Waals surface area contributed by atoms with Gasteiger partial charge in [0.05, 0.1) is 12.5 Å². The molecule has 7 heteroatoms. The number of ether oxygens (including phenoxy) is 2. The van der Waals surface area contributed by atoms with E-state index < -0.39 is 23.1 Å². The maximum absolute atomic E-state index is 12.2. The molecule has 1 fully saturated rings. The summed E-state index contributed by atoms with van der Waals surface area (Å²) < 4.78 is 10.3. The third-order valence-corrected chi connectivity index (χ3v) is 3.83. The van der Waals surface area contributed by atoms with Gasteiger partial charge in [-0.15, -0.1) is 11.6 Å². The van der Waals surface area contributed by atoms with Gasteiger partial charge in [0, 0.05) is 13.1 Å². The molecule has 0 atom stereocenters. The Kier molecular flexibility index (Phi) is 6.23. The standard InChI is InChI=1S/C15H24ClNO5/c1-5-21-12(19)15(11(18)10-16)6-8-17(9-7-15)13(20)22-14(2,3)4/h5-10H2,1-4H3. The molecule has 0 unspecified atom stereocenters. The molecular weight excluding hydrogens is 310 g/mol. The number of piperidine rings is 1. The van der Waals surface area contributed by atoms with Gasteiger partial charge in [0.25, 0.3) is 0 Å². The van der Waals surface area contributed by atoms with Crippen LogP contribution in [-0.4, -0.2) is 53.9 Å². The maximum Gasteiger partial charge on any atom is 0.410 e. The Labute approximate surface area is 136 Å².